The SMILES string of the molecule is COc1cc(-c2nccc(-c3cccc(Nc4c(OC)ccc(CNC[C@@H]5CCC(=O)N5)c4F)c3Cl)c2Cl)ccc1CN(C[C@@H]1CCC(=O)N1)C(=O)OC(C)(C)C. The monoisotopic (exact) mass is 820 g/mol. The number of halogens is 3. The van der Waals surface area contributed by atoms with Crippen LogP contribution in [0.5, 0.6) is 11.5 Å². The molecule has 1 aromatic heterocycles. The highest BCUT2D eigenvalue weighted by atomic mass is 35.5. The molecular weight excluding hydrogens is 774 g/mol. The number of hydrogen-bond acceptors (Lipinski definition) is 9. The minimum Gasteiger partial charge on any atom is -0.496 e. The van der Waals surface area contributed by atoms with Gasteiger partial charge in [-0.25, -0.2) is 9.18 Å². The van der Waals surface area contributed by atoms with Crippen molar-refractivity contribution in [3.8, 4) is 33.9 Å². The van der Waals surface area contributed by atoms with Crippen LogP contribution in [0.1, 0.15) is 57.6 Å². The molecule has 0 spiro atoms. The van der Waals surface area contributed by atoms with Crippen molar-refractivity contribution in [2.75, 3.05) is 32.6 Å². The van der Waals surface area contributed by atoms with E-state index in [2.05, 4.69) is 26.3 Å². The lowest BCUT2D eigenvalue weighted by Gasteiger charge is -2.29. The summed E-state index contributed by atoms with van der Waals surface area (Å²) < 4.78 is 33.0. The Hall–Kier alpha value is -5.11. The third kappa shape index (κ3) is 10.1. The molecule has 4 N–H and O–H groups in total. The van der Waals surface area contributed by atoms with Crippen molar-refractivity contribution in [3.05, 3.63) is 87.8 Å². The van der Waals surface area contributed by atoms with Crippen LogP contribution >= 0.6 is 23.2 Å². The number of ether oxygens (including phenoxy) is 3. The van der Waals surface area contributed by atoms with Crippen LogP contribution in [0, 0.1) is 5.82 Å². The molecule has 0 aliphatic carbocycles. The zero-order valence-corrected chi connectivity index (χ0v) is 34.1. The van der Waals surface area contributed by atoms with Crippen LogP contribution in [-0.2, 0) is 27.4 Å². The van der Waals surface area contributed by atoms with Crippen molar-refractivity contribution in [1.29, 1.82) is 0 Å². The van der Waals surface area contributed by atoms with Gasteiger partial charge in [0.15, 0.2) is 5.82 Å². The van der Waals surface area contributed by atoms with Crippen LogP contribution in [0.3, 0.4) is 0 Å². The number of benzene rings is 3. The summed E-state index contributed by atoms with van der Waals surface area (Å²) in [4.78, 5) is 43.0. The van der Waals surface area contributed by atoms with Crippen LogP contribution in [0.2, 0.25) is 10.0 Å². The number of hydrogen-bond donors (Lipinski definition) is 4. The van der Waals surface area contributed by atoms with Crippen LogP contribution in [0.4, 0.5) is 20.6 Å². The average molecular weight is 822 g/mol. The molecule has 15 heteroatoms. The first kappa shape index (κ1) is 41.5. The highest BCUT2D eigenvalue weighted by Gasteiger charge is 2.29. The molecule has 0 bridgehead atoms. The molecule has 0 unspecified atom stereocenters. The van der Waals surface area contributed by atoms with Gasteiger partial charge in [0, 0.05) is 78.6 Å². The van der Waals surface area contributed by atoms with Gasteiger partial charge < -0.3 is 40.4 Å². The van der Waals surface area contributed by atoms with Gasteiger partial charge in [-0.05, 0) is 57.9 Å². The fraction of sp³-hybridized carbons (Fsp3) is 0.381. The van der Waals surface area contributed by atoms with E-state index in [9.17, 15) is 14.4 Å². The fourth-order valence-electron chi connectivity index (χ4n) is 6.90. The number of methoxy groups -OCH3 is 2. The van der Waals surface area contributed by atoms with Gasteiger partial charge in [-0.1, -0.05) is 53.5 Å². The maximum absolute atomic E-state index is 16.0. The molecule has 57 heavy (non-hydrogen) atoms. The first-order valence-corrected chi connectivity index (χ1v) is 19.5. The van der Waals surface area contributed by atoms with E-state index >= 15 is 4.39 Å². The van der Waals surface area contributed by atoms with Crippen molar-refractivity contribution < 1.29 is 33.0 Å². The van der Waals surface area contributed by atoms with E-state index in [-0.39, 0.29) is 49.2 Å². The maximum Gasteiger partial charge on any atom is 0.410 e. The van der Waals surface area contributed by atoms with Gasteiger partial charge in [0.05, 0.1) is 42.2 Å². The van der Waals surface area contributed by atoms with Crippen molar-refractivity contribution >= 4 is 52.5 Å². The van der Waals surface area contributed by atoms with Gasteiger partial charge in [0.2, 0.25) is 11.8 Å². The predicted octanol–water partition coefficient (Wildman–Crippen LogP) is 8.01. The van der Waals surface area contributed by atoms with E-state index in [0.29, 0.717) is 81.0 Å². The van der Waals surface area contributed by atoms with E-state index < -0.39 is 17.5 Å². The third-order valence-electron chi connectivity index (χ3n) is 9.73. The van der Waals surface area contributed by atoms with Gasteiger partial charge in [0.1, 0.15) is 22.8 Å². The first-order chi connectivity index (χ1) is 27.2. The molecule has 3 aromatic carbocycles. The standard InChI is InChI=1S/C42H47Cl2FN6O6/c1-42(2,3)57-41(54)51(23-28-13-16-35(53)49-28)22-26-10-9-24(19-33(26)56-5)39-37(44)30(17-18-47-39)29-7-6-8-31(36(29)43)50-40-32(55-4)14-11-25(38(40)45)20-46-21-27-12-15-34(52)48-27/h6-11,14,17-19,27-28,46,50H,12-13,15-16,20-23H2,1-5H3,(H,48,52)(H,49,53)/t27-,28-/m0/s1. The Bertz CT molecular complexity index is 2150. The Balaban J connectivity index is 1.24. The van der Waals surface area contributed by atoms with E-state index in [1.165, 1.54) is 7.11 Å². The Morgan fingerprint density at radius 1 is 0.912 bits per heavy atom. The van der Waals surface area contributed by atoms with E-state index in [1.54, 1.807) is 75.4 Å². The average Bonchev–Trinajstić information content (AvgIpc) is 3.79. The van der Waals surface area contributed by atoms with Gasteiger partial charge >= 0.3 is 6.09 Å². The number of carbonyl (C=O) groups is 3. The second kappa shape index (κ2) is 18.0. The second-order valence-electron chi connectivity index (χ2n) is 15.1. The molecule has 2 aliphatic rings. The largest absolute Gasteiger partial charge is 0.496 e. The van der Waals surface area contributed by atoms with Crippen molar-refractivity contribution in [3.63, 3.8) is 0 Å². The minimum absolute atomic E-state index is 0.0143. The number of rotatable bonds is 14. The summed E-state index contributed by atoms with van der Waals surface area (Å²) in [6.45, 7) is 6.63. The maximum atomic E-state index is 16.0. The normalized spacial score (nSPS) is 16.6. The molecule has 302 valence electrons. The van der Waals surface area contributed by atoms with Gasteiger partial charge in [-0.15, -0.1) is 0 Å². The topological polar surface area (TPSA) is 143 Å². The lowest BCUT2D eigenvalue weighted by atomic mass is 10.0. The summed E-state index contributed by atoms with van der Waals surface area (Å²) in [6.07, 6.45) is 3.39. The van der Waals surface area contributed by atoms with Crippen molar-refractivity contribution in [1.82, 2.24) is 25.8 Å². The van der Waals surface area contributed by atoms with Gasteiger partial charge in [-0.2, -0.15) is 0 Å². The van der Waals surface area contributed by atoms with Crippen molar-refractivity contribution in [2.24, 2.45) is 0 Å². The summed E-state index contributed by atoms with van der Waals surface area (Å²) in [7, 11) is 3.01. The highest BCUT2D eigenvalue weighted by molar-refractivity contribution is 6.39. The van der Waals surface area contributed by atoms with E-state index in [4.69, 9.17) is 37.4 Å². The Morgan fingerprint density at radius 3 is 2.26 bits per heavy atom. The molecule has 12 nitrogen and oxygen atoms in total. The minimum atomic E-state index is -0.711. The molecule has 2 fully saturated rings. The summed E-state index contributed by atoms with van der Waals surface area (Å²) in [5.74, 6) is 0.277. The summed E-state index contributed by atoms with van der Waals surface area (Å²) in [5.41, 5.74) is 3.28. The molecule has 2 saturated heterocycles. The zero-order chi connectivity index (χ0) is 40.9. The van der Waals surface area contributed by atoms with Crippen LogP contribution in [-0.4, -0.2) is 72.8 Å². The quantitative estimate of drug-likeness (QED) is 0.0996. The third-order valence-corrected chi connectivity index (χ3v) is 10.5. The number of nitrogens with zero attached hydrogens (tertiary/aromatic N) is 2. The number of pyridine rings is 1. The number of amides is 3. The van der Waals surface area contributed by atoms with Crippen LogP contribution in [0.25, 0.3) is 22.4 Å². The van der Waals surface area contributed by atoms with Crippen molar-refractivity contribution in [2.45, 2.75) is 77.2 Å². The second-order valence-corrected chi connectivity index (χ2v) is 15.8. The van der Waals surface area contributed by atoms with Gasteiger partial charge in [-0.3, -0.25) is 14.6 Å². The Morgan fingerprint density at radius 2 is 1.60 bits per heavy atom. The number of nitrogens with one attached hydrogen (secondary N) is 4. The molecule has 4 aromatic rings. The summed E-state index contributed by atoms with van der Waals surface area (Å²) in [5, 5.41) is 12.8. The number of aromatic nitrogens is 1. The molecule has 6 rings (SSSR count). The smallest absolute Gasteiger partial charge is 0.410 e. The van der Waals surface area contributed by atoms with Gasteiger partial charge in [0.25, 0.3) is 0 Å². The van der Waals surface area contributed by atoms with E-state index in [0.717, 1.165) is 12.0 Å². The van der Waals surface area contributed by atoms with Crippen LogP contribution < -0.4 is 30.7 Å². The molecule has 2 atom stereocenters. The van der Waals surface area contributed by atoms with E-state index in [1.807, 2.05) is 18.2 Å². The Labute approximate surface area is 341 Å². The lowest BCUT2D eigenvalue weighted by Crippen LogP contribution is -2.43. The highest BCUT2D eigenvalue weighted by Crippen LogP contribution is 2.43. The van der Waals surface area contributed by atoms with Crippen LogP contribution in [0.15, 0.2) is 60.8 Å². The molecule has 0 saturated carbocycles. The molecule has 3 heterocycles. The fourth-order valence-corrected chi connectivity index (χ4v) is 7.50. The first-order valence-electron chi connectivity index (χ1n) is 18.7. The molecule has 0 radical (unpaired) electrons. The lowest BCUT2D eigenvalue weighted by molar-refractivity contribution is -0.120. The number of carbonyl (C=O) groups excluding carboxylic acids is 3. The zero-order valence-electron chi connectivity index (χ0n) is 32.6. The Kier molecular flexibility index (Phi) is 13.1. The number of anilines is 2. The predicted molar refractivity (Wildman–Crippen MR) is 219 cm³/mol. The summed E-state index contributed by atoms with van der Waals surface area (Å²) >= 11 is 14.1. The molecule has 3 amide bonds. The molecular formula is C42H47Cl2FN6O6. The molecule has 2 aliphatic heterocycles. The summed E-state index contributed by atoms with van der Waals surface area (Å²) in [6, 6.07) is 15.8.